The Kier molecular flexibility index (Phi) is 4.89. The molecule has 5 rings (SSSR count). The van der Waals surface area contributed by atoms with E-state index in [9.17, 15) is 4.39 Å². The van der Waals surface area contributed by atoms with Crippen molar-refractivity contribution in [3.63, 3.8) is 0 Å². The minimum Gasteiger partial charge on any atom is -0.383 e. The van der Waals surface area contributed by atoms with Crippen LogP contribution in [0.3, 0.4) is 0 Å². The first-order valence-corrected chi connectivity index (χ1v) is 10.3. The number of pyridine rings is 1. The first kappa shape index (κ1) is 18.7. The molecule has 0 spiro atoms. The molecule has 0 fully saturated rings. The topological polar surface area (TPSA) is 63.3 Å². The van der Waals surface area contributed by atoms with E-state index in [4.69, 9.17) is 5.73 Å². The molecule has 0 amide bonds. The van der Waals surface area contributed by atoms with Gasteiger partial charge >= 0.3 is 0 Å². The van der Waals surface area contributed by atoms with Gasteiger partial charge in [0.05, 0.1) is 0 Å². The number of nitrogens with two attached hydrogens (primary N) is 1. The molecule has 2 aromatic carbocycles. The second-order valence-corrected chi connectivity index (χ2v) is 7.72. The SMILES string of the molecule is Nc1nc(F)c(-c2ccc(C3=CCNCC3)cc2)cc1-c1ccc2c(c1)CCN=C2. The van der Waals surface area contributed by atoms with Crippen LogP contribution in [0.25, 0.3) is 27.8 Å². The van der Waals surface area contributed by atoms with Crippen molar-refractivity contribution in [1.82, 2.24) is 10.3 Å². The molecule has 4 nitrogen and oxygen atoms in total. The highest BCUT2D eigenvalue weighted by Crippen LogP contribution is 2.33. The number of anilines is 1. The third kappa shape index (κ3) is 3.53. The largest absolute Gasteiger partial charge is 0.383 e. The lowest BCUT2D eigenvalue weighted by atomic mass is 9.94. The number of nitrogen functional groups attached to an aromatic ring is 1. The molecule has 1 aromatic heterocycles. The monoisotopic (exact) mass is 398 g/mol. The zero-order valence-electron chi connectivity index (χ0n) is 16.7. The average molecular weight is 398 g/mol. The van der Waals surface area contributed by atoms with E-state index in [0.717, 1.165) is 54.7 Å². The minimum atomic E-state index is -0.546. The zero-order valence-corrected chi connectivity index (χ0v) is 16.7. The Morgan fingerprint density at radius 1 is 0.900 bits per heavy atom. The second kappa shape index (κ2) is 7.84. The second-order valence-electron chi connectivity index (χ2n) is 7.72. The number of aliphatic imine (C=N–C) groups is 1. The number of nitrogens with one attached hydrogen (secondary N) is 1. The Morgan fingerprint density at radius 2 is 1.70 bits per heavy atom. The van der Waals surface area contributed by atoms with Crippen LogP contribution in [-0.2, 0) is 6.42 Å². The lowest BCUT2D eigenvalue weighted by molar-refractivity contribution is 0.590. The maximum absolute atomic E-state index is 14.7. The number of hydrogen-bond acceptors (Lipinski definition) is 4. The van der Waals surface area contributed by atoms with E-state index >= 15 is 0 Å². The fourth-order valence-electron chi connectivity index (χ4n) is 4.15. The number of halogens is 1. The van der Waals surface area contributed by atoms with Gasteiger partial charge in [-0.1, -0.05) is 48.5 Å². The summed E-state index contributed by atoms with van der Waals surface area (Å²) >= 11 is 0. The van der Waals surface area contributed by atoms with Crippen molar-refractivity contribution in [1.29, 1.82) is 0 Å². The van der Waals surface area contributed by atoms with Gasteiger partial charge in [-0.3, -0.25) is 4.99 Å². The van der Waals surface area contributed by atoms with E-state index in [1.54, 1.807) is 0 Å². The highest BCUT2D eigenvalue weighted by molar-refractivity contribution is 5.86. The van der Waals surface area contributed by atoms with Crippen molar-refractivity contribution in [3.05, 3.63) is 77.2 Å². The van der Waals surface area contributed by atoms with Gasteiger partial charge in [0.2, 0.25) is 5.95 Å². The fraction of sp³-hybridized carbons (Fsp3) is 0.200. The summed E-state index contributed by atoms with van der Waals surface area (Å²) in [5, 5.41) is 3.32. The van der Waals surface area contributed by atoms with Crippen molar-refractivity contribution >= 4 is 17.6 Å². The van der Waals surface area contributed by atoms with Crippen molar-refractivity contribution in [2.75, 3.05) is 25.4 Å². The van der Waals surface area contributed by atoms with E-state index in [1.165, 1.54) is 16.7 Å². The van der Waals surface area contributed by atoms with E-state index in [2.05, 4.69) is 39.6 Å². The van der Waals surface area contributed by atoms with Gasteiger partial charge < -0.3 is 11.1 Å². The van der Waals surface area contributed by atoms with Crippen LogP contribution >= 0.6 is 0 Å². The molecule has 0 bridgehead atoms. The van der Waals surface area contributed by atoms with Crippen molar-refractivity contribution in [2.45, 2.75) is 12.8 Å². The number of fused-ring (bicyclic) bond motifs is 1. The summed E-state index contributed by atoms with van der Waals surface area (Å²) in [7, 11) is 0. The van der Waals surface area contributed by atoms with Gasteiger partial charge in [0.15, 0.2) is 0 Å². The van der Waals surface area contributed by atoms with E-state index in [1.807, 2.05) is 36.5 Å². The number of hydrogen-bond donors (Lipinski definition) is 2. The summed E-state index contributed by atoms with van der Waals surface area (Å²) in [5.41, 5.74) is 13.9. The van der Waals surface area contributed by atoms with Crippen LogP contribution in [0.1, 0.15) is 23.1 Å². The predicted molar refractivity (Wildman–Crippen MR) is 121 cm³/mol. The van der Waals surface area contributed by atoms with E-state index in [0.29, 0.717) is 5.56 Å². The molecule has 3 heterocycles. The summed E-state index contributed by atoms with van der Waals surface area (Å²) in [6.07, 6.45) is 6.01. The van der Waals surface area contributed by atoms with Crippen molar-refractivity contribution in [3.8, 4) is 22.3 Å². The number of nitrogens with zero attached hydrogens (tertiary/aromatic N) is 2. The molecule has 2 aliphatic rings. The Morgan fingerprint density at radius 3 is 2.50 bits per heavy atom. The molecule has 3 aromatic rings. The average Bonchev–Trinajstić information content (AvgIpc) is 2.80. The Bertz CT molecular complexity index is 1160. The molecule has 0 saturated carbocycles. The van der Waals surface area contributed by atoms with E-state index < -0.39 is 5.95 Å². The Balaban J connectivity index is 1.52. The lowest BCUT2D eigenvalue weighted by Crippen LogP contribution is -2.19. The molecule has 0 unspecified atom stereocenters. The minimum absolute atomic E-state index is 0.206. The highest BCUT2D eigenvalue weighted by atomic mass is 19.1. The molecular weight excluding hydrogens is 375 g/mol. The molecule has 30 heavy (non-hydrogen) atoms. The van der Waals surface area contributed by atoms with Crippen LogP contribution in [0.15, 0.2) is 59.6 Å². The first-order valence-electron chi connectivity index (χ1n) is 10.3. The predicted octanol–water partition coefficient (Wildman–Crippen LogP) is 4.49. The lowest BCUT2D eigenvalue weighted by Gasteiger charge is -2.15. The molecule has 2 aliphatic heterocycles. The quantitative estimate of drug-likeness (QED) is 0.639. The molecule has 0 radical (unpaired) electrons. The van der Waals surface area contributed by atoms with Gasteiger partial charge in [0.1, 0.15) is 5.82 Å². The van der Waals surface area contributed by atoms with Crippen LogP contribution in [0.4, 0.5) is 10.2 Å². The third-order valence-electron chi connectivity index (χ3n) is 5.83. The normalized spacial score (nSPS) is 15.6. The first-order chi connectivity index (χ1) is 14.7. The van der Waals surface area contributed by atoms with Gasteiger partial charge in [-0.15, -0.1) is 0 Å². The fourth-order valence-corrected chi connectivity index (χ4v) is 4.15. The van der Waals surface area contributed by atoms with Crippen molar-refractivity contribution < 1.29 is 4.39 Å². The number of aromatic nitrogens is 1. The van der Waals surface area contributed by atoms with Crippen LogP contribution in [-0.4, -0.2) is 30.8 Å². The van der Waals surface area contributed by atoms with Gasteiger partial charge in [0, 0.05) is 30.4 Å². The highest BCUT2D eigenvalue weighted by Gasteiger charge is 2.15. The Labute approximate surface area is 175 Å². The smallest absolute Gasteiger partial charge is 0.222 e. The zero-order chi connectivity index (χ0) is 20.5. The van der Waals surface area contributed by atoms with Gasteiger partial charge in [-0.2, -0.15) is 4.39 Å². The summed E-state index contributed by atoms with van der Waals surface area (Å²) in [6, 6.07) is 16.0. The number of rotatable bonds is 3. The van der Waals surface area contributed by atoms with Crippen LogP contribution in [0.5, 0.6) is 0 Å². The van der Waals surface area contributed by atoms with Crippen LogP contribution < -0.4 is 11.1 Å². The maximum Gasteiger partial charge on any atom is 0.222 e. The standard InChI is InChI=1S/C25H23FN4/c26-24-22(18-3-1-16(2-4-18)17-7-10-28-11-8-17)14-23(25(27)30-24)20-5-6-21-15-29-12-9-19(21)13-20/h1-7,13-15,28H,8-12H2,(H2,27,30). The molecule has 0 saturated heterocycles. The van der Waals surface area contributed by atoms with Crippen LogP contribution in [0.2, 0.25) is 0 Å². The Hall–Kier alpha value is -3.31. The number of benzene rings is 2. The summed E-state index contributed by atoms with van der Waals surface area (Å²) in [4.78, 5) is 8.34. The molecule has 0 atom stereocenters. The van der Waals surface area contributed by atoms with Gasteiger partial charge in [-0.25, -0.2) is 4.98 Å². The third-order valence-corrected chi connectivity index (χ3v) is 5.83. The summed E-state index contributed by atoms with van der Waals surface area (Å²) < 4.78 is 14.7. The molecule has 5 heteroatoms. The molecule has 3 N–H and O–H groups in total. The van der Waals surface area contributed by atoms with Crippen LogP contribution in [0, 0.1) is 5.95 Å². The van der Waals surface area contributed by atoms with Crippen molar-refractivity contribution in [2.24, 2.45) is 4.99 Å². The van der Waals surface area contributed by atoms with Gasteiger partial charge in [0.25, 0.3) is 0 Å². The summed E-state index contributed by atoms with van der Waals surface area (Å²) in [5.74, 6) is -0.340. The summed E-state index contributed by atoms with van der Waals surface area (Å²) in [6.45, 7) is 2.67. The van der Waals surface area contributed by atoms with E-state index in [-0.39, 0.29) is 5.82 Å². The molecule has 150 valence electrons. The van der Waals surface area contributed by atoms with Gasteiger partial charge in [-0.05, 0) is 58.8 Å². The molecular formula is C25H23FN4. The maximum atomic E-state index is 14.7. The molecule has 0 aliphatic carbocycles.